The summed E-state index contributed by atoms with van der Waals surface area (Å²) in [6, 6.07) is 0. The van der Waals surface area contributed by atoms with Crippen molar-refractivity contribution in [2.75, 3.05) is 0 Å². The zero-order chi connectivity index (χ0) is 6.69. The Morgan fingerprint density at radius 3 is 3.00 bits per heavy atom. The monoisotopic (exact) mass is 124 g/mol. The molecule has 0 amide bonds. The van der Waals surface area contributed by atoms with Gasteiger partial charge >= 0.3 is 0 Å². The van der Waals surface area contributed by atoms with E-state index < -0.39 is 0 Å². The van der Waals surface area contributed by atoms with E-state index in [1.807, 2.05) is 0 Å². The second-order valence-corrected chi connectivity index (χ2v) is 1.85. The van der Waals surface area contributed by atoms with Gasteiger partial charge in [0.1, 0.15) is 5.84 Å². The number of amidine groups is 1. The van der Waals surface area contributed by atoms with Gasteiger partial charge in [-0.3, -0.25) is 5.41 Å². The van der Waals surface area contributed by atoms with Crippen LogP contribution in [-0.2, 0) is 0 Å². The normalized spacial score (nSPS) is 23.1. The molecule has 0 spiro atoms. The summed E-state index contributed by atoms with van der Waals surface area (Å²) < 4.78 is 0. The highest BCUT2D eigenvalue weighted by molar-refractivity contribution is 6.02. The maximum atomic E-state index is 8.48. The minimum atomic E-state index is 0.184. The van der Waals surface area contributed by atoms with Gasteiger partial charge in [-0.05, 0) is 12.8 Å². The predicted molar refractivity (Wildman–Crippen MR) is 36.2 cm³/mol. The first kappa shape index (κ1) is 6.01. The molecule has 0 aliphatic carbocycles. The first-order valence-corrected chi connectivity index (χ1v) is 2.79. The van der Waals surface area contributed by atoms with Crippen LogP contribution in [0.2, 0.25) is 0 Å². The van der Waals surface area contributed by atoms with Crippen molar-refractivity contribution in [1.29, 1.82) is 5.41 Å². The number of rotatable bonds is 0. The number of nitrogens with one attached hydrogen (secondary N) is 1. The number of nitrogens with zero attached hydrogens (tertiary/aromatic N) is 1. The van der Waals surface area contributed by atoms with Crippen LogP contribution in [0, 0.1) is 5.41 Å². The van der Waals surface area contributed by atoms with Crippen molar-refractivity contribution in [1.82, 2.24) is 0 Å². The summed E-state index contributed by atoms with van der Waals surface area (Å²) in [5.74, 6) is 0.184. The molecule has 0 aromatic rings. The lowest BCUT2D eigenvalue weighted by atomic mass is 10.1. The van der Waals surface area contributed by atoms with E-state index in [1.54, 1.807) is 6.21 Å². The molecule has 0 saturated heterocycles. The molecular formula is C6H8N2O. The van der Waals surface area contributed by atoms with Gasteiger partial charge in [0.25, 0.3) is 0 Å². The van der Waals surface area contributed by atoms with Crippen LogP contribution in [0.1, 0.15) is 12.8 Å². The molecule has 48 valence electrons. The van der Waals surface area contributed by atoms with Crippen LogP contribution in [-0.4, -0.2) is 17.2 Å². The third-order valence-corrected chi connectivity index (χ3v) is 1.22. The summed E-state index contributed by atoms with van der Waals surface area (Å²) in [6.07, 6.45) is 4.21. The van der Waals surface area contributed by atoms with Gasteiger partial charge in [0.2, 0.25) is 0 Å². The maximum absolute atomic E-state index is 8.48. The minimum absolute atomic E-state index is 0.184. The molecule has 1 heterocycles. The van der Waals surface area contributed by atoms with E-state index in [4.69, 9.17) is 10.5 Å². The summed E-state index contributed by atoms with van der Waals surface area (Å²) in [7, 11) is 0. The SMILES string of the molecule is N=C1N=CCCC1=CO. The number of hydrogen-bond acceptors (Lipinski definition) is 2. The molecule has 9 heavy (non-hydrogen) atoms. The molecule has 0 unspecified atom stereocenters. The van der Waals surface area contributed by atoms with E-state index in [-0.39, 0.29) is 5.84 Å². The molecule has 2 N–H and O–H groups in total. The van der Waals surface area contributed by atoms with Gasteiger partial charge in [0.05, 0.1) is 6.26 Å². The molecule has 0 aromatic carbocycles. The van der Waals surface area contributed by atoms with Gasteiger partial charge in [0.15, 0.2) is 0 Å². The van der Waals surface area contributed by atoms with Crippen molar-refractivity contribution in [3.8, 4) is 0 Å². The van der Waals surface area contributed by atoms with Gasteiger partial charge in [-0.1, -0.05) is 0 Å². The maximum Gasteiger partial charge on any atom is 0.150 e. The Morgan fingerprint density at radius 1 is 1.78 bits per heavy atom. The Balaban J connectivity index is 2.78. The fourth-order valence-electron chi connectivity index (χ4n) is 0.703. The molecular weight excluding hydrogens is 116 g/mol. The first-order chi connectivity index (χ1) is 4.34. The molecule has 0 atom stereocenters. The molecule has 0 bridgehead atoms. The third-order valence-electron chi connectivity index (χ3n) is 1.22. The second-order valence-electron chi connectivity index (χ2n) is 1.85. The van der Waals surface area contributed by atoms with Gasteiger partial charge in [0, 0.05) is 11.8 Å². The lowest BCUT2D eigenvalue weighted by molar-refractivity contribution is 0.467. The highest BCUT2D eigenvalue weighted by Crippen LogP contribution is 2.09. The quantitative estimate of drug-likeness (QED) is 0.469. The Labute approximate surface area is 53.2 Å². The standard InChI is InChI=1S/C6H8N2O/c7-6-5(4-9)2-1-3-8-6/h3-4,7,9H,1-2H2. The van der Waals surface area contributed by atoms with Crippen LogP contribution in [0.5, 0.6) is 0 Å². The topological polar surface area (TPSA) is 56.4 Å². The predicted octanol–water partition coefficient (Wildman–Crippen LogP) is 1.27. The van der Waals surface area contributed by atoms with Gasteiger partial charge < -0.3 is 5.11 Å². The van der Waals surface area contributed by atoms with Crippen molar-refractivity contribution >= 4 is 12.1 Å². The van der Waals surface area contributed by atoms with Gasteiger partial charge in [-0.25, -0.2) is 4.99 Å². The molecule has 1 aliphatic heterocycles. The average Bonchev–Trinajstić information content (AvgIpc) is 1.89. The van der Waals surface area contributed by atoms with Crippen LogP contribution in [0.4, 0.5) is 0 Å². The summed E-state index contributed by atoms with van der Waals surface area (Å²) in [4.78, 5) is 3.71. The zero-order valence-electron chi connectivity index (χ0n) is 4.96. The molecule has 0 radical (unpaired) electrons. The summed E-state index contributed by atoms with van der Waals surface area (Å²) in [5.41, 5.74) is 0.623. The molecule has 1 rings (SSSR count). The molecule has 0 aromatic heterocycles. The summed E-state index contributed by atoms with van der Waals surface area (Å²) in [5, 5.41) is 15.6. The Kier molecular flexibility index (Phi) is 1.63. The van der Waals surface area contributed by atoms with E-state index in [2.05, 4.69) is 4.99 Å². The fourth-order valence-corrected chi connectivity index (χ4v) is 0.703. The van der Waals surface area contributed by atoms with Crippen molar-refractivity contribution in [3.05, 3.63) is 11.8 Å². The lowest BCUT2D eigenvalue weighted by Crippen LogP contribution is -2.04. The molecule has 1 aliphatic rings. The number of hydrogen-bond donors (Lipinski definition) is 2. The summed E-state index contributed by atoms with van der Waals surface area (Å²) in [6.45, 7) is 0. The fraction of sp³-hybridized carbons (Fsp3) is 0.333. The molecule has 0 saturated carbocycles. The van der Waals surface area contributed by atoms with Crippen LogP contribution in [0.25, 0.3) is 0 Å². The van der Waals surface area contributed by atoms with Gasteiger partial charge in [-0.2, -0.15) is 0 Å². The van der Waals surface area contributed by atoms with Crippen LogP contribution < -0.4 is 0 Å². The van der Waals surface area contributed by atoms with E-state index in [1.165, 1.54) is 0 Å². The highest BCUT2D eigenvalue weighted by atomic mass is 16.2. The second kappa shape index (κ2) is 2.44. The van der Waals surface area contributed by atoms with E-state index in [0.717, 1.165) is 19.1 Å². The first-order valence-electron chi connectivity index (χ1n) is 2.79. The zero-order valence-corrected chi connectivity index (χ0v) is 4.96. The molecule has 3 nitrogen and oxygen atoms in total. The van der Waals surface area contributed by atoms with Gasteiger partial charge in [-0.15, -0.1) is 0 Å². The van der Waals surface area contributed by atoms with E-state index in [0.29, 0.717) is 5.57 Å². The van der Waals surface area contributed by atoms with Crippen LogP contribution >= 0.6 is 0 Å². The molecule has 0 fully saturated rings. The van der Waals surface area contributed by atoms with Crippen molar-refractivity contribution in [2.45, 2.75) is 12.8 Å². The number of aliphatic hydroxyl groups excluding tert-OH is 1. The number of aliphatic hydroxyl groups is 1. The van der Waals surface area contributed by atoms with Crippen LogP contribution in [0.3, 0.4) is 0 Å². The van der Waals surface area contributed by atoms with Crippen molar-refractivity contribution < 1.29 is 5.11 Å². The Morgan fingerprint density at radius 2 is 2.56 bits per heavy atom. The largest absolute Gasteiger partial charge is 0.515 e. The average molecular weight is 124 g/mol. The van der Waals surface area contributed by atoms with Crippen molar-refractivity contribution in [3.63, 3.8) is 0 Å². The van der Waals surface area contributed by atoms with Crippen LogP contribution in [0.15, 0.2) is 16.8 Å². The highest BCUT2D eigenvalue weighted by Gasteiger charge is 2.06. The minimum Gasteiger partial charge on any atom is -0.515 e. The van der Waals surface area contributed by atoms with E-state index in [9.17, 15) is 0 Å². The third kappa shape index (κ3) is 1.16. The smallest absolute Gasteiger partial charge is 0.150 e. The lowest BCUT2D eigenvalue weighted by Gasteiger charge is -2.05. The Bertz CT molecular complexity index is 181. The number of aliphatic imine (C=N–C) groups is 1. The van der Waals surface area contributed by atoms with E-state index >= 15 is 0 Å². The van der Waals surface area contributed by atoms with Crippen molar-refractivity contribution in [2.24, 2.45) is 4.99 Å². The Hall–Kier alpha value is -1.12. The summed E-state index contributed by atoms with van der Waals surface area (Å²) >= 11 is 0. The molecule has 3 heteroatoms.